The molecule has 0 N–H and O–H groups in total. The van der Waals surface area contributed by atoms with Gasteiger partial charge in [0, 0.05) is 6.54 Å². The van der Waals surface area contributed by atoms with Crippen LogP contribution in [0.5, 0.6) is 0 Å². The van der Waals surface area contributed by atoms with Gasteiger partial charge in [0.05, 0.1) is 16.8 Å². The lowest BCUT2D eigenvalue weighted by Gasteiger charge is -2.17. The van der Waals surface area contributed by atoms with Crippen LogP contribution in [0.3, 0.4) is 0 Å². The Balaban J connectivity index is 2.16. The zero-order valence-electron chi connectivity index (χ0n) is 11.0. The van der Waals surface area contributed by atoms with Crippen molar-refractivity contribution in [3.63, 3.8) is 0 Å². The van der Waals surface area contributed by atoms with Crippen molar-refractivity contribution in [2.24, 2.45) is 5.41 Å². The number of hydrogen-bond acceptors (Lipinski definition) is 2. The second kappa shape index (κ2) is 4.64. The summed E-state index contributed by atoms with van der Waals surface area (Å²) in [6.45, 7) is 2.94. The summed E-state index contributed by atoms with van der Waals surface area (Å²) >= 11 is 5.97. The first-order valence-corrected chi connectivity index (χ1v) is 7.27. The lowest BCUT2D eigenvalue weighted by Crippen LogP contribution is -2.28. The standard InChI is InChI=1S/C15H17ClN2O/c1-2-15(7-8-15)10-18-13(9-16)17-12-6-4-3-5-11(12)14(18)19/h3-6H,2,7-10H2,1H3. The van der Waals surface area contributed by atoms with E-state index in [1.54, 1.807) is 4.57 Å². The van der Waals surface area contributed by atoms with Crippen LogP contribution in [0.25, 0.3) is 10.9 Å². The van der Waals surface area contributed by atoms with Crippen molar-refractivity contribution in [2.75, 3.05) is 0 Å². The second-order valence-electron chi connectivity index (χ2n) is 5.42. The van der Waals surface area contributed by atoms with Crippen LogP contribution in [-0.2, 0) is 12.4 Å². The minimum Gasteiger partial charge on any atom is -0.295 e. The minimum atomic E-state index is 0.0426. The Morgan fingerprint density at radius 1 is 1.37 bits per heavy atom. The van der Waals surface area contributed by atoms with Crippen LogP contribution >= 0.6 is 11.6 Å². The van der Waals surface area contributed by atoms with Gasteiger partial charge in [-0.15, -0.1) is 11.6 Å². The van der Waals surface area contributed by atoms with E-state index in [0.717, 1.165) is 18.5 Å². The maximum Gasteiger partial charge on any atom is 0.261 e. The van der Waals surface area contributed by atoms with Crippen LogP contribution in [-0.4, -0.2) is 9.55 Å². The summed E-state index contributed by atoms with van der Waals surface area (Å²) < 4.78 is 1.78. The van der Waals surface area contributed by atoms with Gasteiger partial charge >= 0.3 is 0 Å². The SMILES string of the molecule is CCC1(Cn2c(CCl)nc3ccccc3c2=O)CC1. The molecular weight excluding hydrogens is 260 g/mol. The van der Waals surface area contributed by atoms with Crippen molar-refractivity contribution in [1.29, 1.82) is 0 Å². The molecule has 1 fully saturated rings. The molecule has 0 atom stereocenters. The molecule has 0 amide bonds. The maximum atomic E-state index is 12.6. The summed E-state index contributed by atoms with van der Waals surface area (Å²) in [7, 11) is 0. The fourth-order valence-electron chi connectivity index (χ4n) is 2.61. The summed E-state index contributed by atoms with van der Waals surface area (Å²) in [5.41, 5.74) is 1.08. The Morgan fingerprint density at radius 2 is 2.11 bits per heavy atom. The number of fused-ring (bicyclic) bond motifs is 1. The van der Waals surface area contributed by atoms with Crippen molar-refractivity contribution in [2.45, 2.75) is 38.6 Å². The molecule has 100 valence electrons. The predicted molar refractivity (Wildman–Crippen MR) is 77.5 cm³/mol. The van der Waals surface area contributed by atoms with E-state index in [1.165, 1.54) is 12.8 Å². The first-order chi connectivity index (χ1) is 9.19. The maximum absolute atomic E-state index is 12.6. The topological polar surface area (TPSA) is 34.9 Å². The van der Waals surface area contributed by atoms with Crippen molar-refractivity contribution in [3.8, 4) is 0 Å². The van der Waals surface area contributed by atoms with Gasteiger partial charge in [-0.05, 0) is 36.8 Å². The molecule has 0 radical (unpaired) electrons. The molecule has 1 heterocycles. The van der Waals surface area contributed by atoms with E-state index in [1.807, 2.05) is 24.3 Å². The van der Waals surface area contributed by atoms with Crippen molar-refractivity contribution in [3.05, 3.63) is 40.4 Å². The first kappa shape index (κ1) is 12.7. The number of nitrogens with zero attached hydrogens (tertiary/aromatic N) is 2. The molecule has 1 aliphatic carbocycles. The Morgan fingerprint density at radius 3 is 2.74 bits per heavy atom. The molecule has 2 aromatic rings. The number of benzene rings is 1. The Labute approximate surface area is 117 Å². The highest BCUT2D eigenvalue weighted by molar-refractivity contribution is 6.16. The van der Waals surface area contributed by atoms with Gasteiger partial charge in [0.25, 0.3) is 5.56 Å². The van der Waals surface area contributed by atoms with Crippen LogP contribution in [0.2, 0.25) is 0 Å². The molecule has 1 saturated carbocycles. The molecule has 1 aliphatic rings. The van der Waals surface area contributed by atoms with Crippen LogP contribution in [0.1, 0.15) is 32.0 Å². The summed E-state index contributed by atoms with van der Waals surface area (Å²) in [5, 5.41) is 0.684. The summed E-state index contributed by atoms with van der Waals surface area (Å²) in [4.78, 5) is 17.1. The van der Waals surface area contributed by atoms with Crippen LogP contribution < -0.4 is 5.56 Å². The fourth-order valence-corrected chi connectivity index (χ4v) is 2.82. The number of hydrogen-bond donors (Lipinski definition) is 0. The van der Waals surface area contributed by atoms with Gasteiger partial charge in [0.2, 0.25) is 0 Å². The number of rotatable bonds is 4. The lowest BCUT2D eigenvalue weighted by atomic mass is 10.0. The third-order valence-electron chi connectivity index (χ3n) is 4.26. The van der Waals surface area contributed by atoms with Crippen LogP contribution in [0.15, 0.2) is 29.1 Å². The van der Waals surface area contributed by atoms with E-state index in [0.29, 0.717) is 16.6 Å². The van der Waals surface area contributed by atoms with E-state index in [2.05, 4.69) is 11.9 Å². The first-order valence-electron chi connectivity index (χ1n) is 6.73. The molecule has 1 aromatic heterocycles. The third-order valence-corrected chi connectivity index (χ3v) is 4.50. The largest absolute Gasteiger partial charge is 0.295 e. The van der Waals surface area contributed by atoms with Crippen LogP contribution in [0, 0.1) is 5.41 Å². The van der Waals surface area contributed by atoms with E-state index >= 15 is 0 Å². The van der Waals surface area contributed by atoms with Crippen molar-refractivity contribution in [1.82, 2.24) is 9.55 Å². The Kier molecular flexibility index (Phi) is 3.09. The zero-order valence-corrected chi connectivity index (χ0v) is 11.8. The van der Waals surface area contributed by atoms with E-state index in [9.17, 15) is 4.79 Å². The smallest absolute Gasteiger partial charge is 0.261 e. The van der Waals surface area contributed by atoms with Crippen molar-refractivity contribution < 1.29 is 0 Å². The third kappa shape index (κ3) is 2.16. The molecule has 0 saturated heterocycles. The highest BCUT2D eigenvalue weighted by atomic mass is 35.5. The Hall–Kier alpha value is -1.35. The molecule has 3 nitrogen and oxygen atoms in total. The molecule has 0 spiro atoms. The van der Waals surface area contributed by atoms with Crippen LogP contribution in [0.4, 0.5) is 0 Å². The van der Waals surface area contributed by atoms with Gasteiger partial charge in [0.15, 0.2) is 0 Å². The molecule has 0 unspecified atom stereocenters. The molecule has 0 bridgehead atoms. The van der Waals surface area contributed by atoms with Gasteiger partial charge in [0.1, 0.15) is 5.82 Å². The molecule has 3 rings (SSSR count). The molecule has 4 heteroatoms. The minimum absolute atomic E-state index is 0.0426. The number of halogens is 1. The number of aromatic nitrogens is 2. The van der Waals surface area contributed by atoms with Gasteiger partial charge in [-0.25, -0.2) is 4.98 Å². The van der Waals surface area contributed by atoms with Gasteiger partial charge in [-0.2, -0.15) is 0 Å². The average Bonchev–Trinajstić information content (AvgIpc) is 3.22. The van der Waals surface area contributed by atoms with Crippen molar-refractivity contribution >= 4 is 22.5 Å². The normalized spacial score (nSPS) is 16.7. The predicted octanol–water partition coefficient (Wildman–Crippen LogP) is 3.33. The monoisotopic (exact) mass is 276 g/mol. The number of para-hydroxylation sites is 1. The average molecular weight is 277 g/mol. The van der Waals surface area contributed by atoms with Gasteiger partial charge in [-0.1, -0.05) is 19.1 Å². The quantitative estimate of drug-likeness (QED) is 0.803. The highest BCUT2D eigenvalue weighted by Crippen LogP contribution is 2.49. The fraction of sp³-hybridized carbons (Fsp3) is 0.467. The summed E-state index contributed by atoms with van der Waals surface area (Å²) in [6.07, 6.45) is 3.50. The Bertz CT molecular complexity index is 673. The van der Waals surface area contributed by atoms with Gasteiger partial charge in [-0.3, -0.25) is 9.36 Å². The number of alkyl halides is 1. The van der Waals surface area contributed by atoms with E-state index < -0.39 is 0 Å². The molecule has 0 aliphatic heterocycles. The summed E-state index contributed by atoms with van der Waals surface area (Å²) in [6, 6.07) is 7.48. The lowest BCUT2D eigenvalue weighted by molar-refractivity contribution is 0.394. The zero-order chi connectivity index (χ0) is 13.5. The van der Waals surface area contributed by atoms with E-state index in [4.69, 9.17) is 11.6 Å². The molecule has 19 heavy (non-hydrogen) atoms. The molecular formula is C15H17ClN2O. The second-order valence-corrected chi connectivity index (χ2v) is 5.69. The van der Waals surface area contributed by atoms with E-state index in [-0.39, 0.29) is 11.4 Å². The van der Waals surface area contributed by atoms with Gasteiger partial charge < -0.3 is 0 Å². The summed E-state index contributed by atoms with van der Waals surface area (Å²) in [5.74, 6) is 0.963. The highest BCUT2D eigenvalue weighted by Gasteiger charge is 2.41. The molecule has 1 aromatic carbocycles.